The van der Waals surface area contributed by atoms with Crippen molar-refractivity contribution in [1.82, 2.24) is 14.8 Å². The van der Waals surface area contributed by atoms with Gasteiger partial charge in [0.2, 0.25) is 5.91 Å². The van der Waals surface area contributed by atoms with Gasteiger partial charge < -0.3 is 5.32 Å². The van der Waals surface area contributed by atoms with Gasteiger partial charge in [0.25, 0.3) is 0 Å². The number of rotatable bonds is 7. The lowest BCUT2D eigenvalue weighted by Crippen LogP contribution is -2.19. The van der Waals surface area contributed by atoms with Crippen molar-refractivity contribution in [3.05, 3.63) is 71.8 Å². The Kier molecular flexibility index (Phi) is 5.89. The first kappa shape index (κ1) is 19.8. The van der Waals surface area contributed by atoms with Crippen molar-refractivity contribution in [2.75, 3.05) is 11.1 Å². The van der Waals surface area contributed by atoms with Crippen molar-refractivity contribution in [3.8, 4) is 5.69 Å². The number of nitrogens with one attached hydrogen (secondary N) is 1. The third-order valence-electron chi connectivity index (χ3n) is 4.14. The Morgan fingerprint density at radius 3 is 2.68 bits per heavy atom. The number of benzene rings is 1. The van der Waals surface area contributed by atoms with Gasteiger partial charge in [-0.1, -0.05) is 29.8 Å². The molecule has 0 fully saturated rings. The van der Waals surface area contributed by atoms with E-state index in [1.807, 2.05) is 38.2 Å². The van der Waals surface area contributed by atoms with E-state index in [0.717, 1.165) is 16.7 Å². The highest BCUT2D eigenvalue weighted by atomic mass is 32.2. The van der Waals surface area contributed by atoms with E-state index in [9.17, 15) is 13.2 Å². The maximum absolute atomic E-state index is 12.4. The molecule has 1 amide bonds. The summed E-state index contributed by atoms with van der Waals surface area (Å²) in [5, 5.41) is 6.97. The molecule has 0 aliphatic carbocycles. The molecule has 0 aliphatic heterocycles. The monoisotopic (exact) mass is 398 g/mol. The Morgan fingerprint density at radius 2 is 1.96 bits per heavy atom. The van der Waals surface area contributed by atoms with Crippen LogP contribution in [0.2, 0.25) is 0 Å². The van der Waals surface area contributed by atoms with Crippen molar-refractivity contribution in [1.29, 1.82) is 0 Å². The predicted molar refractivity (Wildman–Crippen MR) is 108 cm³/mol. The lowest BCUT2D eigenvalue weighted by atomic mass is 10.2. The van der Waals surface area contributed by atoms with Crippen LogP contribution >= 0.6 is 0 Å². The maximum Gasteiger partial charge on any atom is 0.225 e. The van der Waals surface area contributed by atoms with E-state index in [-0.39, 0.29) is 23.8 Å². The molecule has 1 N–H and O–H groups in total. The van der Waals surface area contributed by atoms with E-state index in [0.29, 0.717) is 11.4 Å². The minimum Gasteiger partial charge on any atom is -0.323 e. The van der Waals surface area contributed by atoms with Crippen LogP contribution < -0.4 is 5.32 Å². The second-order valence-electron chi connectivity index (χ2n) is 6.73. The Labute approximate surface area is 164 Å². The van der Waals surface area contributed by atoms with Crippen molar-refractivity contribution in [3.63, 3.8) is 0 Å². The number of nitrogens with zero attached hydrogens (tertiary/aromatic N) is 3. The Morgan fingerprint density at radius 1 is 1.14 bits per heavy atom. The normalized spacial score (nSPS) is 11.4. The number of hydrogen-bond donors (Lipinski definition) is 1. The van der Waals surface area contributed by atoms with Crippen LogP contribution in [0.4, 0.5) is 5.69 Å². The topological polar surface area (TPSA) is 94.0 Å². The van der Waals surface area contributed by atoms with E-state index >= 15 is 0 Å². The van der Waals surface area contributed by atoms with Gasteiger partial charge in [-0.05, 0) is 31.0 Å². The fourth-order valence-electron chi connectivity index (χ4n) is 2.82. The third kappa shape index (κ3) is 5.26. The van der Waals surface area contributed by atoms with Crippen molar-refractivity contribution < 1.29 is 13.2 Å². The first-order valence-electron chi connectivity index (χ1n) is 8.84. The zero-order valence-electron chi connectivity index (χ0n) is 15.8. The average molecular weight is 398 g/mol. The number of pyridine rings is 1. The van der Waals surface area contributed by atoms with E-state index in [1.165, 1.54) is 6.20 Å². The second kappa shape index (κ2) is 8.35. The lowest BCUT2D eigenvalue weighted by Gasteiger charge is -2.11. The standard InChI is InChI=1S/C20H22N4O3S/c1-15-4-3-5-17(10-15)14-28(26,27)9-7-20(25)23-18-12-21-8-6-19(18)24-13-16(2)11-22-24/h3-6,8,10-13H,7,9,14H2,1-2H3,(H,23,25). The fourth-order valence-corrected chi connectivity index (χ4v) is 4.14. The molecule has 0 saturated carbocycles. The van der Waals surface area contributed by atoms with Crippen LogP contribution in [-0.4, -0.2) is 34.8 Å². The molecule has 0 atom stereocenters. The van der Waals surface area contributed by atoms with E-state index in [4.69, 9.17) is 0 Å². The SMILES string of the molecule is Cc1cccc(CS(=O)(=O)CCC(=O)Nc2cnccc2-n2cc(C)cn2)c1. The quantitative estimate of drug-likeness (QED) is 0.660. The molecule has 0 bridgehead atoms. The highest BCUT2D eigenvalue weighted by Gasteiger charge is 2.16. The van der Waals surface area contributed by atoms with Gasteiger partial charge in [0, 0.05) is 18.8 Å². The fraction of sp³-hybridized carbons (Fsp3) is 0.250. The molecule has 146 valence electrons. The molecule has 1 aromatic carbocycles. The first-order chi connectivity index (χ1) is 13.3. The van der Waals surface area contributed by atoms with Gasteiger partial charge in [-0.15, -0.1) is 0 Å². The van der Waals surface area contributed by atoms with Gasteiger partial charge in [0.1, 0.15) is 0 Å². The largest absolute Gasteiger partial charge is 0.323 e. The molecule has 0 spiro atoms. The highest BCUT2D eigenvalue weighted by Crippen LogP contribution is 2.19. The number of carbonyl (C=O) groups is 1. The maximum atomic E-state index is 12.4. The molecular formula is C20H22N4O3S. The third-order valence-corrected chi connectivity index (χ3v) is 5.74. The van der Waals surface area contributed by atoms with Gasteiger partial charge >= 0.3 is 0 Å². The Bertz CT molecular complexity index is 1090. The minimum absolute atomic E-state index is 0.0767. The number of aryl methyl sites for hydroxylation is 2. The van der Waals surface area contributed by atoms with Gasteiger partial charge in [0.05, 0.1) is 35.3 Å². The molecule has 0 aliphatic rings. The second-order valence-corrected chi connectivity index (χ2v) is 8.92. The lowest BCUT2D eigenvalue weighted by molar-refractivity contribution is -0.115. The molecule has 3 aromatic rings. The number of anilines is 1. The summed E-state index contributed by atoms with van der Waals surface area (Å²) in [6.45, 7) is 3.83. The number of carbonyl (C=O) groups excluding carboxylic acids is 1. The van der Waals surface area contributed by atoms with Gasteiger partial charge in [-0.25, -0.2) is 13.1 Å². The van der Waals surface area contributed by atoms with Crippen LogP contribution in [0.25, 0.3) is 5.69 Å². The molecule has 28 heavy (non-hydrogen) atoms. The molecule has 8 heteroatoms. The minimum atomic E-state index is -3.39. The molecule has 0 saturated heterocycles. The molecule has 2 heterocycles. The molecule has 0 radical (unpaired) electrons. The van der Waals surface area contributed by atoms with Crippen molar-refractivity contribution in [2.45, 2.75) is 26.0 Å². The zero-order valence-corrected chi connectivity index (χ0v) is 16.6. The van der Waals surface area contributed by atoms with Gasteiger partial charge in [-0.2, -0.15) is 5.10 Å². The number of sulfone groups is 1. The smallest absolute Gasteiger partial charge is 0.225 e. The predicted octanol–water partition coefficient (Wildman–Crippen LogP) is 2.83. The summed E-state index contributed by atoms with van der Waals surface area (Å²) in [6.07, 6.45) is 6.54. The van der Waals surface area contributed by atoms with Crippen molar-refractivity contribution >= 4 is 21.4 Å². The Balaban J connectivity index is 1.63. The van der Waals surface area contributed by atoms with Crippen LogP contribution in [0, 0.1) is 13.8 Å². The zero-order chi connectivity index (χ0) is 20.1. The van der Waals surface area contributed by atoms with E-state index in [1.54, 1.807) is 29.2 Å². The van der Waals surface area contributed by atoms with Gasteiger partial charge in [-0.3, -0.25) is 9.78 Å². The van der Waals surface area contributed by atoms with Crippen LogP contribution in [0.1, 0.15) is 23.1 Å². The van der Waals surface area contributed by atoms with Crippen LogP contribution in [0.3, 0.4) is 0 Å². The highest BCUT2D eigenvalue weighted by molar-refractivity contribution is 7.90. The van der Waals surface area contributed by atoms with Crippen LogP contribution in [0.15, 0.2) is 55.1 Å². The summed E-state index contributed by atoms with van der Waals surface area (Å²) in [4.78, 5) is 16.4. The molecule has 2 aromatic heterocycles. The number of aromatic nitrogens is 3. The molecule has 0 unspecified atom stereocenters. The summed E-state index contributed by atoms with van der Waals surface area (Å²) < 4.78 is 26.3. The summed E-state index contributed by atoms with van der Waals surface area (Å²) in [5.74, 6) is -0.679. The molecule has 3 rings (SSSR count). The summed E-state index contributed by atoms with van der Waals surface area (Å²) in [6, 6.07) is 9.09. The molecular weight excluding hydrogens is 376 g/mol. The summed E-state index contributed by atoms with van der Waals surface area (Å²) in [5.41, 5.74) is 3.86. The summed E-state index contributed by atoms with van der Waals surface area (Å²) in [7, 11) is -3.39. The number of amides is 1. The number of hydrogen-bond acceptors (Lipinski definition) is 5. The van der Waals surface area contributed by atoms with E-state index < -0.39 is 9.84 Å². The summed E-state index contributed by atoms with van der Waals surface area (Å²) >= 11 is 0. The van der Waals surface area contributed by atoms with Crippen molar-refractivity contribution in [2.24, 2.45) is 0 Å². The average Bonchev–Trinajstić information content (AvgIpc) is 3.06. The van der Waals surface area contributed by atoms with Gasteiger partial charge in [0.15, 0.2) is 9.84 Å². The van der Waals surface area contributed by atoms with Crippen LogP contribution in [-0.2, 0) is 20.4 Å². The molecule has 7 nitrogen and oxygen atoms in total. The van der Waals surface area contributed by atoms with Crippen LogP contribution in [0.5, 0.6) is 0 Å². The first-order valence-corrected chi connectivity index (χ1v) is 10.7. The van der Waals surface area contributed by atoms with E-state index in [2.05, 4.69) is 15.4 Å². The Hall–Kier alpha value is -3.00.